The molecule has 7 heteroatoms. The van der Waals surface area contributed by atoms with Crippen LogP contribution in [0.15, 0.2) is 53.5 Å². The van der Waals surface area contributed by atoms with E-state index < -0.39 is 10.8 Å². The maximum Gasteiger partial charge on any atom is 0.193 e. The first-order chi connectivity index (χ1) is 12.5. The summed E-state index contributed by atoms with van der Waals surface area (Å²) in [5.41, 5.74) is 2.13. The quantitative estimate of drug-likeness (QED) is 0.553. The van der Waals surface area contributed by atoms with Crippen LogP contribution >= 0.6 is 23.2 Å². The van der Waals surface area contributed by atoms with Crippen LogP contribution in [-0.2, 0) is 23.1 Å². The fourth-order valence-corrected chi connectivity index (χ4v) is 3.84. The monoisotopic (exact) mass is 411 g/mol. The van der Waals surface area contributed by atoms with Crippen LogP contribution in [0.4, 0.5) is 0 Å². The molecule has 0 fully saturated rings. The van der Waals surface area contributed by atoms with E-state index in [1.165, 1.54) is 0 Å². The minimum atomic E-state index is -0.914. The lowest BCUT2D eigenvalue weighted by molar-refractivity contribution is 0.479. The molecule has 0 saturated heterocycles. The van der Waals surface area contributed by atoms with Crippen LogP contribution in [0, 0.1) is 0 Å². The molecule has 2 aromatic carbocycles. The van der Waals surface area contributed by atoms with Crippen LogP contribution < -0.4 is 5.32 Å². The zero-order valence-electron chi connectivity index (χ0n) is 14.9. The molecule has 4 nitrogen and oxygen atoms in total. The number of guanidine groups is 1. The lowest BCUT2D eigenvalue weighted by atomic mass is 10.2. The van der Waals surface area contributed by atoms with Crippen molar-refractivity contribution in [1.29, 1.82) is 0 Å². The largest absolute Gasteiger partial charge is 0.355 e. The first kappa shape index (κ1) is 20.7. The Morgan fingerprint density at radius 1 is 1.12 bits per heavy atom. The van der Waals surface area contributed by atoms with Crippen molar-refractivity contribution in [3.63, 3.8) is 0 Å². The molecule has 2 aromatic rings. The Bertz CT molecular complexity index is 769. The van der Waals surface area contributed by atoms with Gasteiger partial charge in [0.1, 0.15) is 0 Å². The van der Waals surface area contributed by atoms with Gasteiger partial charge in [-0.2, -0.15) is 0 Å². The standard InChI is InChI=1S/C19H23Cl2N3OS/c1-22-19(24(2)13-16-8-9-17(20)18(21)12-16)23-10-11-26(25)14-15-6-4-3-5-7-15/h3-9,12H,10-11,13-14H2,1-2H3,(H,22,23). The third kappa shape index (κ3) is 6.63. The van der Waals surface area contributed by atoms with Gasteiger partial charge in [0.15, 0.2) is 5.96 Å². The molecule has 0 aliphatic rings. The fraction of sp³-hybridized carbons (Fsp3) is 0.316. The van der Waals surface area contributed by atoms with Crippen LogP contribution in [0.1, 0.15) is 11.1 Å². The number of benzene rings is 2. The normalized spacial score (nSPS) is 12.7. The predicted molar refractivity (Wildman–Crippen MR) is 112 cm³/mol. The zero-order chi connectivity index (χ0) is 18.9. The summed E-state index contributed by atoms with van der Waals surface area (Å²) in [6, 6.07) is 15.5. The third-order valence-corrected chi connectivity index (χ3v) is 5.81. The number of hydrogen-bond donors (Lipinski definition) is 1. The second-order valence-electron chi connectivity index (χ2n) is 5.85. The zero-order valence-corrected chi connectivity index (χ0v) is 17.2. The molecular formula is C19H23Cl2N3OS. The summed E-state index contributed by atoms with van der Waals surface area (Å²) in [5.74, 6) is 1.88. The van der Waals surface area contributed by atoms with E-state index in [1.54, 1.807) is 13.1 Å². The van der Waals surface area contributed by atoms with Crippen LogP contribution in [0.3, 0.4) is 0 Å². The predicted octanol–water partition coefficient (Wildman–Crippen LogP) is 3.95. The Morgan fingerprint density at radius 3 is 2.50 bits per heavy atom. The summed E-state index contributed by atoms with van der Waals surface area (Å²) in [6.45, 7) is 1.24. The van der Waals surface area contributed by atoms with Crippen LogP contribution in [-0.4, -0.2) is 41.5 Å². The highest BCUT2D eigenvalue weighted by Gasteiger charge is 2.09. The minimum Gasteiger partial charge on any atom is -0.355 e. The van der Waals surface area contributed by atoms with Crippen molar-refractivity contribution in [2.45, 2.75) is 12.3 Å². The van der Waals surface area contributed by atoms with E-state index in [4.69, 9.17) is 23.2 Å². The Morgan fingerprint density at radius 2 is 1.85 bits per heavy atom. The minimum absolute atomic E-state index is 0.539. The van der Waals surface area contributed by atoms with E-state index >= 15 is 0 Å². The van der Waals surface area contributed by atoms with E-state index in [0.29, 0.717) is 34.6 Å². The summed E-state index contributed by atoms with van der Waals surface area (Å²) in [5, 5.41) is 4.34. The average molecular weight is 412 g/mol. The van der Waals surface area contributed by atoms with Gasteiger partial charge in [0.2, 0.25) is 0 Å². The molecule has 1 N–H and O–H groups in total. The van der Waals surface area contributed by atoms with Crippen molar-refractivity contribution in [3.8, 4) is 0 Å². The van der Waals surface area contributed by atoms with E-state index in [9.17, 15) is 4.21 Å². The molecular weight excluding hydrogens is 389 g/mol. The molecule has 0 heterocycles. The molecule has 0 aliphatic heterocycles. The fourth-order valence-electron chi connectivity index (χ4n) is 2.48. The Hall–Kier alpha value is -1.56. The first-order valence-corrected chi connectivity index (χ1v) is 10.5. The number of nitrogens with one attached hydrogen (secondary N) is 1. The van der Waals surface area contributed by atoms with E-state index in [-0.39, 0.29) is 0 Å². The van der Waals surface area contributed by atoms with E-state index in [2.05, 4.69) is 10.3 Å². The average Bonchev–Trinajstić information content (AvgIpc) is 2.62. The topological polar surface area (TPSA) is 44.7 Å². The van der Waals surface area contributed by atoms with Gasteiger partial charge < -0.3 is 10.2 Å². The summed E-state index contributed by atoms with van der Waals surface area (Å²) < 4.78 is 12.2. The number of hydrogen-bond acceptors (Lipinski definition) is 2. The van der Waals surface area contributed by atoms with Gasteiger partial charge in [-0.15, -0.1) is 0 Å². The number of rotatable bonds is 7. The van der Waals surface area contributed by atoms with Gasteiger partial charge in [-0.3, -0.25) is 9.20 Å². The molecule has 1 unspecified atom stereocenters. The first-order valence-electron chi connectivity index (χ1n) is 8.24. The lowest BCUT2D eigenvalue weighted by Gasteiger charge is -2.22. The van der Waals surface area contributed by atoms with Gasteiger partial charge >= 0.3 is 0 Å². The van der Waals surface area contributed by atoms with Crippen LogP contribution in [0.2, 0.25) is 10.0 Å². The molecule has 0 saturated carbocycles. The van der Waals surface area contributed by atoms with Gasteiger partial charge in [0, 0.05) is 49.5 Å². The van der Waals surface area contributed by atoms with E-state index in [1.807, 2.05) is 54.4 Å². The van der Waals surface area contributed by atoms with Gasteiger partial charge in [0.05, 0.1) is 10.0 Å². The molecule has 0 aliphatic carbocycles. The second kappa shape index (κ2) is 10.6. The number of aliphatic imine (C=N–C) groups is 1. The van der Waals surface area contributed by atoms with Crippen molar-refractivity contribution in [2.75, 3.05) is 26.4 Å². The Kier molecular flexibility index (Phi) is 8.42. The maximum atomic E-state index is 12.2. The van der Waals surface area contributed by atoms with Gasteiger partial charge in [-0.25, -0.2) is 0 Å². The molecule has 0 amide bonds. The van der Waals surface area contributed by atoms with Crippen molar-refractivity contribution >= 4 is 40.0 Å². The van der Waals surface area contributed by atoms with Gasteiger partial charge in [-0.05, 0) is 23.3 Å². The maximum absolute atomic E-state index is 12.2. The molecule has 0 bridgehead atoms. The van der Waals surface area contributed by atoms with E-state index in [0.717, 1.165) is 17.1 Å². The van der Waals surface area contributed by atoms with Crippen LogP contribution in [0.25, 0.3) is 0 Å². The van der Waals surface area contributed by atoms with Crippen molar-refractivity contribution in [3.05, 3.63) is 69.7 Å². The van der Waals surface area contributed by atoms with Crippen molar-refractivity contribution < 1.29 is 4.21 Å². The third-order valence-electron chi connectivity index (χ3n) is 3.76. The molecule has 1 atom stereocenters. The second-order valence-corrected chi connectivity index (χ2v) is 8.24. The molecule has 0 aromatic heterocycles. The number of halogens is 2. The molecule has 0 radical (unpaired) electrons. The summed E-state index contributed by atoms with van der Waals surface area (Å²) in [7, 11) is 2.76. The molecule has 0 spiro atoms. The van der Waals surface area contributed by atoms with Crippen LogP contribution in [0.5, 0.6) is 0 Å². The van der Waals surface area contributed by atoms with Gasteiger partial charge in [0.25, 0.3) is 0 Å². The molecule has 140 valence electrons. The molecule has 2 rings (SSSR count). The Labute approximate surface area is 167 Å². The SMILES string of the molecule is CN=C(NCCS(=O)Cc1ccccc1)N(C)Cc1ccc(Cl)c(Cl)c1. The highest BCUT2D eigenvalue weighted by atomic mass is 35.5. The Balaban J connectivity index is 1.81. The highest BCUT2D eigenvalue weighted by molar-refractivity contribution is 7.84. The van der Waals surface area contributed by atoms with Gasteiger partial charge in [-0.1, -0.05) is 59.6 Å². The highest BCUT2D eigenvalue weighted by Crippen LogP contribution is 2.23. The molecule has 26 heavy (non-hydrogen) atoms. The smallest absolute Gasteiger partial charge is 0.193 e. The lowest BCUT2D eigenvalue weighted by Crippen LogP contribution is -2.40. The summed E-state index contributed by atoms with van der Waals surface area (Å²) in [6.07, 6.45) is 0. The van der Waals surface area contributed by atoms with Crippen molar-refractivity contribution in [2.24, 2.45) is 4.99 Å². The number of nitrogens with zero attached hydrogens (tertiary/aromatic N) is 2. The summed E-state index contributed by atoms with van der Waals surface area (Å²) in [4.78, 5) is 6.26. The van der Waals surface area contributed by atoms with Crippen molar-refractivity contribution in [1.82, 2.24) is 10.2 Å². The summed E-state index contributed by atoms with van der Waals surface area (Å²) >= 11 is 12.0.